The fourth-order valence-corrected chi connectivity index (χ4v) is 4.45. The van der Waals surface area contributed by atoms with Crippen LogP contribution in [0.4, 0.5) is 10.2 Å². The molecule has 0 radical (unpaired) electrons. The minimum atomic E-state index is -0.291. The number of nitrogens with zero attached hydrogens (tertiary/aromatic N) is 3. The van der Waals surface area contributed by atoms with Gasteiger partial charge in [0.1, 0.15) is 17.4 Å². The number of hydrogen-bond donors (Lipinski definition) is 1. The third-order valence-corrected chi connectivity index (χ3v) is 5.94. The highest BCUT2D eigenvalue weighted by Gasteiger charge is 2.27. The maximum Gasteiger partial charge on any atom is 0.165 e. The van der Waals surface area contributed by atoms with E-state index in [1.165, 1.54) is 31.7 Å². The van der Waals surface area contributed by atoms with Gasteiger partial charge in [-0.25, -0.2) is 13.9 Å². The van der Waals surface area contributed by atoms with E-state index >= 15 is 0 Å². The lowest BCUT2D eigenvalue weighted by molar-refractivity contribution is 0.207. The number of hydrogen-bond acceptors (Lipinski definition) is 4. The molecule has 0 spiro atoms. The normalized spacial score (nSPS) is 22.6. The van der Waals surface area contributed by atoms with Crippen molar-refractivity contribution < 1.29 is 9.13 Å². The van der Waals surface area contributed by atoms with E-state index in [-0.39, 0.29) is 5.82 Å². The molecular weight excluding hydrogens is 343 g/mol. The zero-order chi connectivity index (χ0) is 18.2. The lowest BCUT2D eigenvalue weighted by Gasteiger charge is -2.20. The van der Waals surface area contributed by atoms with Crippen LogP contribution in [-0.2, 0) is 0 Å². The number of rotatable bonds is 0. The topological polar surface area (TPSA) is 51.5 Å². The smallest absolute Gasteiger partial charge is 0.165 e. The van der Waals surface area contributed by atoms with Crippen LogP contribution in [-0.4, -0.2) is 27.7 Å². The number of benzene rings is 1. The molecule has 5 rings (SSSR count). The highest BCUT2D eigenvalue weighted by atomic mass is 19.1. The van der Waals surface area contributed by atoms with Gasteiger partial charge in [0.25, 0.3) is 0 Å². The lowest BCUT2D eigenvalue weighted by Crippen LogP contribution is -2.17. The molecule has 4 bridgehead atoms. The van der Waals surface area contributed by atoms with Gasteiger partial charge >= 0.3 is 0 Å². The Kier molecular flexibility index (Phi) is 4.19. The number of nitrogens with one attached hydrogen (secondary N) is 1. The standard InChI is InChI=1S/C21H23FN4O/c22-19-7-6-16-11-17(19)18-12-24-26-10-8-20(25-21(18)26)23-9-2-5-14-3-1-4-15(14)13-27-16/h6-8,10-12,14-15H,1-5,9,13H2,(H,23,25)/t14?,15-/m0/s1. The molecule has 1 saturated carbocycles. The number of aromatic nitrogens is 3. The number of ether oxygens (including phenoxy) is 1. The van der Waals surface area contributed by atoms with Gasteiger partial charge in [-0.2, -0.15) is 5.10 Å². The molecule has 2 aliphatic rings. The van der Waals surface area contributed by atoms with Crippen LogP contribution in [0.3, 0.4) is 0 Å². The molecule has 3 aromatic rings. The first-order valence-electron chi connectivity index (χ1n) is 9.79. The molecule has 1 N–H and O–H groups in total. The van der Waals surface area contributed by atoms with Crippen LogP contribution in [0.2, 0.25) is 0 Å². The second kappa shape index (κ2) is 6.83. The molecule has 1 fully saturated rings. The fraction of sp³-hybridized carbons (Fsp3) is 0.429. The van der Waals surface area contributed by atoms with E-state index < -0.39 is 0 Å². The predicted octanol–water partition coefficient (Wildman–Crippen LogP) is 4.54. The Morgan fingerprint density at radius 1 is 1.07 bits per heavy atom. The second-order valence-corrected chi connectivity index (χ2v) is 7.61. The summed E-state index contributed by atoms with van der Waals surface area (Å²) in [5.41, 5.74) is 1.79. The lowest BCUT2D eigenvalue weighted by atomic mass is 9.92. The van der Waals surface area contributed by atoms with Gasteiger partial charge in [0, 0.05) is 23.9 Å². The molecule has 6 heteroatoms. The van der Waals surface area contributed by atoms with E-state index in [4.69, 9.17) is 4.74 Å². The number of fused-ring (bicyclic) bond motifs is 5. The highest BCUT2D eigenvalue weighted by Crippen LogP contribution is 2.36. The van der Waals surface area contributed by atoms with E-state index in [0.717, 1.165) is 18.8 Å². The molecule has 1 aliphatic heterocycles. The van der Waals surface area contributed by atoms with Crippen molar-refractivity contribution in [3.63, 3.8) is 0 Å². The first-order chi connectivity index (χ1) is 13.3. The summed E-state index contributed by atoms with van der Waals surface area (Å²) >= 11 is 0. The molecule has 5 nitrogen and oxygen atoms in total. The summed E-state index contributed by atoms with van der Waals surface area (Å²) in [6.45, 7) is 1.59. The van der Waals surface area contributed by atoms with Gasteiger partial charge in [0.2, 0.25) is 0 Å². The Labute approximate surface area is 157 Å². The van der Waals surface area contributed by atoms with Crippen molar-refractivity contribution in [3.8, 4) is 16.9 Å². The zero-order valence-electron chi connectivity index (χ0n) is 15.2. The fourth-order valence-electron chi connectivity index (χ4n) is 4.45. The average molecular weight is 366 g/mol. The van der Waals surface area contributed by atoms with Gasteiger partial charge < -0.3 is 10.1 Å². The molecule has 0 amide bonds. The van der Waals surface area contributed by atoms with E-state index in [1.54, 1.807) is 22.8 Å². The number of halogens is 1. The first kappa shape index (κ1) is 16.5. The van der Waals surface area contributed by atoms with Gasteiger partial charge in [-0.1, -0.05) is 12.8 Å². The quantitative estimate of drug-likeness (QED) is 0.635. The second-order valence-electron chi connectivity index (χ2n) is 7.61. The van der Waals surface area contributed by atoms with Crippen molar-refractivity contribution in [2.75, 3.05) is 18.5 Å². The van der Waals surface area contributed by atoms with Crippen LogP contribution in [0, 0.1) is 17.7 Å². The van der Waals surface area contributed by atoms with Gasteiger partial charge in [-0.3, -0.25) is 0 Å². The van der Waals surface area contributed by atoms with Crippen molar-refractivity contribution in [1.29, 1.82) is 0 Å². The van der Waals surface area contributed by atoms with Crippen molar-refractivity contribution >= 4 is 11.5 Å². The Bertz CT molecular complexity index is 970. The minimum absolute atomic E-state index is 0.291. The van der Waals surface area contributed by atoms with Crippen LogP contribution in [0.5, 0.6) is 5.75 Å². The van der Waals surface area contributed by atoms with Gasteiger partial charge in [0.15, 0.2) is 5.65 Å². The minimum Gasteiger partial charge on any atom is -0.493 e. The molecule has 27 heavy (non-hydrogen) atoms. The summed E-state index contributed by atoms with van der Waals surface area (Å²) in [5.74, 6) is 2.52. The van der Waals surface area contributed by atoms with Gasteiger partial charge in [-0.15, -0.1) is 0 Å². The van der Waals surface area contributed by atoms with E-state index in [1.807, 2.05) is 12.3 Å². The Hall–Kier alpha value is -2.63. The molecule has 2 atom stereocenters. The van der Waals surface area contributed by atoms with E-state index in [0.29, 0.717) is 41.0 Å². The predicted molar refractivity (Wildman–Crippen MR) is 102 cm³/mol. The zero-order valence-corrected chi connectivity index (χ0v) is 15.2. The summed E-state index contributed by atoms with van der Waals surface area (Å²) < 4.78 is 22.4. The van der Waals surface area contributed by atoms with Crippen LogP contribution in [0.15, 0.2) is 36.7 Å². The van der Waals surface area contributed by atoms with Crippen LogP contribution < -0.4 is 10.1 Å². The molecule has 140 valence electrons. The maximum atomic E-state index is 14.6. The molecule has 1 aliphatic carbocycles. The van der Waals surface area contributed by atoms with E-state index in [9.17, 15) is 4.39 Å². The SMILES string of the molecule is Fc1ccc2cc1-c1cnn3ccc(nc13)NCCCC1CCC[C@H]1CO2. The summed E-state index contributed by atoms with van der Waals surface area (Å²) in [6, 6.07) is 6.88. The van der Waals surface area contributed by atoms with Crippen LogP contribution >= 0.6 is 0 Å². The summed E-state index contributed by atoms with van der Waals surface area (Å²) in [4.78, 5) is 4.67. The van der Waals surface area contributed by atoms with Crippen LogP contribution in [0.25, 0.3) is 16.8 Å². The van der Waals surface area contributed by atoms with Crippen molar-refractivity contribution in [2.45, 2.75) is 32.1 Å². The van der Waals surface area contributed by atoms with Crippen molar-refractivity contribution in [3.05, 3.63) is 42.5 Å². The van der Waals surface area contributed by atoms with Gasteiger partial charge in [-0.05, 0) is 55.4 Å². The van der Waals surface area contributed by atoms with Crippen molar-refractivity contribution in [1.82, 2.24) is 14.6 Å². The van der Waals surface area contributed by atoms with Crippen molar-refractivity contribution in [2.24, 2.45) is 11.8 Å². The molecule has 3 heterocycles. The Morgan fingerprint density at radius 2 is 1.96 bits per heavy atom. The molecule has 2 aromatic heterocycles. The summed E-state index contributed by atoms with van der Waals surface area (Å²) in [5, 5.41) is 7.74. The molecule has 0 saturated heterocycles. The average Bonchev–Trinajstić information content (AvgIpc) is 3.30. The van der Waals surface area contributed by atoms with Crippen LogP contribution in [0.1, 0.15) is 32.1 Å². The monoisotopic (exact) mass is 366 g/mol. The largest absolute Gasteiger partial charge is 0.493 e. The summed E-state index contributed by atoms with van der Waals surface area (Å²) in [7, 11) is 0. The molecule has 1 unspecified atom stereocenters. The van der Waals surface area contributed by atoms with E-state index in [2.05, 4.69) is 15.4 Å². The Morgan fingerprint density at radius 3 is 2.93 bits per heavy atom. The Balaban J connectivity index is 1.58. The highest BCUT2D eigenvalue weighted by molar-refractivity contribution is 5.78. The third kappa shape index (κ3) is 3.13. The number of anilines is 1. The maximum absolute atomic E-state index is 14.6. The molecular formula is C21H23FN4O. The molecule has 1 aromatic carbocycles. The first-order valence-corrected chi connectivity index (χ1v) is 9.79. The van der Waals surface area contributed by atoms with Gasteiger partial charge in [0.05, 0.1) is 12.8 Å². The third-order valence-electron chi connectivity index (χ3n) is 5.94. The summed E-state index contributed by atoms with van der Waals surface area (Å²) in [6.07, 6.45) is 9.62.